The second kappa shape index (κ2) is 5.72. The van der Waals surface area contributed by atoms with Gasteiger partial charge in [-0.3, -0.25) is 14.9 Å². The predicted octanol–water partition coefficient (Wildman–Crippen LogP) is 1.81. The number of rotatable bonds is 4. The molecule has 8 heteroatoms. The van der Waals surface area contributed by atoms with Gasteiger partial charge in [0.25, 0.3) is 11.2 Å². The van der Waals surface area contributed by atoms with Gasteiger partial charge in [-0.05, 0) is 25.3 Å². The van der Waals surface area contributed by atoms with Crippen LogP contribution in [0.1, 0.15) is 19.3 Å². The Morgan fingerprint density at radius 2 is 2.27 bits per heavy atom. The first-order valence-corrected chi connectivity index (χ1v) is 7.03. The van der Waals surface area contributed by atoms with Crippen LogP contribution in [-0.2, 0) is 4.74 Å². The number of nitro groups is 1. The molecular formula is C14H16N4O4. The molecule has 0 saturated heterocycles. The van der Waals surface area contributed by atoms with Crippen molar-refractivity contribution in [2.24, 2.45) is 0 Å². The first-order valence-electron chi connectivity index (χ1n) is 7.03. The van der Waals surface area contributed by atoms with Crippen molar-refractivity contribution in [1.29, 1.82) is 0 Å². The zero-order valence-electron chi connectivity index (χ0n) is 12.0. The summed E-state index contributed by atoms with van der Waals surface area (Å²) in [4.78, 5) is 29.0. The zero-order valence-corrected chi connectivity index (χ0v) is 12.0. The number of hydrogen-bond donors (Lipinski definition) is 2. The Kier molecular flexibility index (Phi) is 3.76. The number of aromatic nitrogens is 2. The van der Waals surface area contributed by atoms with Crippen molar-refractivity contribution in [3.63, 3.8) is 0 Å². The summed E-state index contributed by atoms with van der Waals surface area (Å²) >= 11 is 0. The lowest BCUT2D eigenvalue weighted by atomic mass is 10.1. The Balaban J connectivity index is 1.99. The van der Waals surface area contributed by atoms with E-state index in [0.29, 0.717) is 11.2 Å². The molecule has 1 aromatic heterocycles. The van der Waals surface area contributed by atoms with E-state index < -0.39 is 4.92 Å². The topological polar surface area (TPSA) is 110 Å². The lowest BCUT2D eigenvalue weighted by molar-refractivity contribution is -0.383. The standard InChI is InChI=1S/C14H16N4O4/c1-22-9-3-2-8(4-9)17-12-6-11-10(5-13(12)18(20)21)14(19)16-7-15-11/h5-9,17H,2-4H2,1H3,(H,15,16,19). The highest BCUT2D eigenvalue weighted by atomic mass is 16.6. The Morgan fingerprint density at radius 1 is 1.45 bits per heavy atom. The van der Waals surface area contributed by atoms with Gasteiger partial charge in [-0.1, -0.05) is 0 Å². The van der Waals surface area contributed by atoms with Crippen LogP contribution in [0, 0.1) is 10.1 Å². The van der Waals surface area contributed by atoms with Gasteiger partial charge in [-0.15, -0.1) is 0 Å². The normalized spacial score (nSPS) is 21.1. The molecule has 2 atom stereocenters. The Labute approximate surface area is 125 Å². The van der Waals surface area contributed by atoms with Crippen LogP contribution in [-0.4, -0.2) is 34.1 Å². The molecule has 116 valence electrons. The molecule has 0 aliphatic heterocycles. The molecule has 1 aliphatic rings. The summed E-state index contributed by atoms with van der Waals surface area (Å²) in [6, 6.07) is 2.94. The average molecular weight is 304 g/mol. The number of nitrogens with one attached hydrogen (secondary N) is 2. The molecule has 8 nitrogen and oxygen atoms in total. The summed E-state index contributed by atoms with van der Waals surface area (Å²) in [5, 5.41) is 14.7. The third-order valence-corrected chi connectivity index (χ3v) is 4.03. The molecule has 3 rings (SSSR count). The van der Waals surface area contributed by atoms with Gasteiger partial charge >= 0.3 is 0 Å². The van der Waals surface area contributed by atoms with Crippen molar-refractivity contribution >= 4 is 22.3 Å². The maximum absolute atomic E-state index is 11.7. The van der Waals surface area contributed by atoms with Gasteiger partial charge in [0.05, 0.1) is 28.3 Å². The van der Waals surface area contributed by atoms with E-state index in [-0.39, 0.29) is 28.8 Å². The van der Waals surface area contributed by atoms with Crippen molar-refractivity contribution < 1.29 is 9.66 Å². The minimum Gasteiger partial charge on any atom is -0.381 e. The molecular weight excluding hydrogens is 288 g/mol. The summed E-state index contributed by atoms with van der Waals surface area (Å²) in [5.74, 6) is 0. The Bertz CT molecular complexity index is 773. The summed E-state index contributed by atoms with van der Waals surface area (Å²) < 4.78 is 5.31. The lowest BCUT2D eigenvalue weighted by Gasteiger charge is -2.14. The van der Waals surface area contributed by atoms with Gasteiger partial charge in [0.1, 0.15) is 5.69 Å². The second-order valence-corrected chi connectivity index (χ2v) is 5.39. The summed E-state index contributed by atoms with van der Waals surface area (Å²) in [6.45, 7) is 0. The molecule has 1 aliphatic carbocycles. The van der Waals surface area contributed by atoms with E-state index in [9.17, 15) is 14.9 Å². The Hall–Kier alpha value is -2.48. The molecule has 0 amide bonds. The first kappa shape index (κ1) is 14.5. The van der Waals surface area contributed by atoms with Crippen LogP contribution in [0.4, 0.5) is 11.4 Å². The fourth-order valence-corrected chi connectivity index (χ4v) is 2.88. The molecule has 22 heavy (non-hydrogen) atoms. The van der Waals surface area contributed by atoms with Gasteiger partial charge < -0.3 is 15.0 Å². The van der Waals surface area contributed by atoms with Crippen molar-refractivity contribution in [2.45, 2.75) is 31.4 Å². The van der Waals surface area contributed by atoms with Crippen molar-refractivity contribution in [3.8, 4) is 0 Å². The van der Waals surface area contributed by atoms with Crippen LogP contribution in [0.15, 0.2) is 23.3 Å². The van der Waals surface area contributed by atoms with E-state index in [2.05, 4.69) is 15.3 Å². The SMILES string of the molecule is COC1CCC(Nc2cc3nc[nH]c(=O)c3cc2[N+](=O)[O-])C1. The molecule has 1 aromatic carbocycles. The van der Waals surface area contributed by atoms with Crippen LogP contribution in [0.3, 0.4) is 0 Å². The number of nitro benzene ring substituents is 1. The molecule has 2 unspecified atom stereocenters. The minimum absolute atomic E-state index is 0.114. The molecule has 1 fully saturated rings. The van der Waals surface area contributed by atoms with Crippen LogP contribution in [0.25, 0.3) is 10.9 Å². The number of nitrogens with zero attached hydrogens (tertiary/aromatic N) is 2. The van der Waals surface area contributed by atoms with Gasteiger partial charge in [0.15, 0.2) is 0 Å². The van der Waals surface area contributed by atoms with Crippen LogP contribution in [0.5, 0.6) is 0 Å². The number of ether oxygens (including phenoxy) is 1. The zero-order chi connectivity index (χ0) is 15.7. The molecule has 0 spiro atoms. The van der Waals surface area contributed by atoms with E-state index in [0.717, 1.165) is 19.3 Å². The van der Waals surface area contributed by atoms with E-state index in [1.165, 1.54) is 12.4 Å². The largest absolute Gasteiger partial charge is 0.381 e. The molecule has 1 heterocycles. The van der Waals surface area contributed by atoms with Gasteiger partial charge in [0, 0.05) is 19.2 Å². The summed E-state index contributed by atoms with van der Waals surface area (Å²) in [7, 11) is 1.67. The van der Waals surface area contributed by atoms with E-state index >= 15 is 0 Å². The highest BCUT2D eigenvalue weighted by Crippen LogP contribution is 2.32. The van der Waals surface area contributed by atoms with Gasteiger partial charge in [-0.2, -0.15) is 0 Å². The fraction of sp³-hybridized carbons (Fsp3) is 0.429. The minimum atomic E-state index is -0.489. The number of H-pyrrole nitrogens is 1. The number of benzene rings is 1. The molecule has 0 radical (unpaired) electrons. The summed E-state index contributed by atoms with van der Waals surface area (Å²) in [6.07, 6.45) is 4.08. The third kappa shape index (κ3) is 2.64. The molecule has 2 aromatic rings. The van der Waals surface area contributed by atoms with Crippen LogP contribution >= 0.6 is 0 Å². The maximum Gasteiger partial charge on any atom is 0.293 e. The number of hydrogen-bond acceptors (Lipinski definition) is 6. The van der Waals surface area contributed by atoms with E-state index in [1.807, 2.05) is 0 Å². The van der Waals surface area contributed by atoms with Crippen LogP contribution in [0.2, 0.25) is 0 Å². The average Bonchev–Trinajstić information content (AvgIpc) is 2.94. The maximum atomic E-state index is 11.7. The molecule has 1 saturated carbocycles. The number of aromatic amines is 1. The highest BCUT2D eigenvalue weighted by molar-refractivity contribution is 5.86. The van der Waals surface area contributed by atoms with Crippen molar-refractivity contribution in [1.82, 2.24) is 9.97 Å². The first-order chi connectivity index (χ1) is 10.6. The third-order valence-electron chi connectivity index (χ3n) is 4.03. The summed E-state index contributed by atoms with van der Waals surface area (Å²) in [5.41, 5.74) is 0.308. The predicted molar refractivity (Wildman–Crippen MR) is 81.1 cm³/mol. The smallest absolute Gasteiger partial charge is 0.293 e. The molecule has 2 N–H and O–H groups in total. The van der Waals surface area contributed by atoms with E-state index in [4.69, 9.17) is 4.74 Å². The number of anilines is 1. The number of methoxy groups -OCH3 is 1. The highest BCUT2D eigenvalue weighted by Gasteiger charge is 2.27. The van der Waals surface area contributed by atoms with Crippen molar-refractivity contribution in [3.05, 3.63) is 38.9 Å². The number of fused-ring (bicyclic) bond motifs is 1. The van der Waals surface area contributed by atoms with E-state index in [1.54, 1.807) is 13.2 Å². The quantitative estimate of drug-likeness (QED) is 0.658. The van der Waals surface area contributed by atoms with Gasteiger partial charge in [-0.25, -0.2) is 4.98 Å². The molecule has 0 bridgehead atoms. The Morgan fingerprint density at radius 3 is 2.95 bits per heavy atom. The van der Waals surface area contributed by atoms with Crippen molar-refractivity contribution in [2.75, 3.05) is 12.4 Å². The monoisotopic (exact) mass is 304 g/mol. The fourth-order valence-electron chi connectivity index (χ4n) is 2.88. The lowest BCUT2D eigenvalue weighted by Crippen LogP contribution is -2.18. The second-order valence-electron chi connectivity index (χ2n) is 5.39. The van der Waals surface area contributed by atoms with Crippen LogP contribution < -0.4 is 10.9 Å². The van der Waals surface area contributed by atoms with Gasteiger partial charge in [0.2, 0.25) is 0 Å².